The van der Waals surface area contributed by atoms with Crippen molar-refractivity contribution in [2.45, 2.75) is 39.8 Å². The molecule has 1 unspecified atom stereocenters. The zero-order valence-electron chi connectivity index (χ0n) is 13.3. The summed E-state index contributed by atoms with van der Waals surface area (Å²) in [6.45, 7) is 8.32. The third-order valence-electron chi connectivity index (χ3n) is 3.80. The molecule has 6 nitrogen and oxygen atoms in total. The summed E-state index contributed by atoms with van der Waals surface area (Å²) in [6, 6.07) is 2.09. The molecule has 2 aromatic heterocycles. The van der Waals surface area contributed by atoms with Crippen LogP contribution in [0, 0.1) is 6.92 Å². The van der Waals surface area contributed by atoms with Crippen molar-refractivity contribution in [1.29, 1.82) is 0 Å². The molecule has 0 aliphatic carbocycles. The van der Waals surface area contributed by atoms with Crippen molar-refractivity contribution < 1.29 is 4.79 Å². The summed E-state index contributed by atoms with van der Waals surface area (Å²) >= 11 is 0. The van der Waals surface area contributed by atoms with Crippen LogP contribution in [0.15, 0.2) is 12.3 Å². The molecule has 0 aromatic carbocycles. The smallest absolute Gasteiger partial charge is 0.255 e. The van der Waals surface area contributed by atoms with Crippen LogP contribution in [-0.4, -0.2) is 45.2 Å². The SMILES string of the molecule is Cc1nc2c(cnn2C(C)C)cc1C(=O)N(C)C(C)CN. The van der Waals surface area contributed by atoms with Gasteiger partial charge >= 0.3 is 0 Å². The van der Waals surface area contributed by atoms with Crippen molar-refractivity contribution in [3.63, 3.8) is 0 Å². The topological polar surface area (TPSA) is 77.0 Å². The second-order valence-corrected chi connectivity index (χ2v) is 5.72. The van der Waals surface area contributed by atoms with Crippen LogP contribution in [0.4, 0.5) is 0 Å². The Bertz CT molecular complexity index is 661. The van der Waals surface area contributed by atoms with E-state index in [1.807, 2.05) is 24.6 Å². The second-order valence-electron chi connectivity index (χ2n) is 5.72. The lowest BCUT2D eigenvalue weighted by molar-refractivity contribution is 0.0747. The zero-order chi connectivity index (χ0) is 15.7. The van der Waals surface area contributed by atoms with Gasteiger partial charge in [-0.1, -0.05) is 0 Å². The standard InChI is InChI=1S/C15H23N5O/c1-9(2)20-14-12(8-17-20)6-13(11(4)18-14)15(21)19(5)10(3)7-16/h6,8-10H,7,16H2,1-5H3. The highest BCUT2D eigenvalue weighted by molar-refractivity contribution is 5.98. The lowest BCUT2D eigenvalue weighted by Crippen LogP contribution is -2.40. The highest BCUT2D eigenvalue weighted by Crippen LogP contribution is 2.20. The molecule has 0 bridgehead atoms. The summed E-state index contributed by atoms with van der Waals surface area (Å²) in [7, 11) is 1.76. The number of amides is 1. The van der Waals surface area contributed by atoms with Crippen molar-refractivity contribution in [2.75, 3.05) is 13.6 Å². The summed E-state index contributed by atoms with van der Waals surface area (Å²) in [5.41, 5.74) is 7.76. The lowest BCUT2D eigenvalue weighted by atomic mass is 10.1. The number of likely N-dealkylation sites (N-methyl/N-ethyl adjacent to an activating group) is 1. The number of pyridine rings is 1. The average molecular weight is 289 g/mol. The van der Waals surface area contributed by atoms with E-state index in [1.54, 1.807) is 18.1 Å². The van der Waals surface area contributed by atoms with Gasteiger partial charge in [0.1, 0.15) is 0 Å². The van der Waals surface area contributed by atoms with Gasteiger partial charge in [-0.25, -0.2) is 9.67 Å². The minimum Gasteiger partial charge on any atom is -0.338 e. The fourth-order valence-electron chi connectivity index (χ4n) is 2.21. The van der Waals surface area contributed by atoms with Gasteiger partial charge < -0.3 is 10.6 Å². The molecule has 2 N–H and O–H groups in total. The van der Waals surface area contributed by atoms with Crippen LogP contribution in [0.2, 0.25) is 0 Å². The van der Waals surface area contributed by atoms with Crippen LogP contribution in [-0.2, 0) is 0 Å². The Labute approximate surface area is 124 Å². The number of carbonyl (C=O) groups excluding carboxylic acids is 1. The van der Waals surface area contributed by atoms with E-state index < -0.39 is 0 Å². The molecule has 2 heterocycles. The maximum absolute atomic E-state index is 12.6. The van der Waals surface area contributed by atoms with E-state index in [1.165, 1.54) is 0 Å². The minimum atomic E-state index is -0.0582. The number of hydrogen-bond acceptors (Lipinski definition) is 4. The van der Waals surface area contributed by atoms with Crippen LogP contribution in [0.1, 0.15) is 42.9 Å². The number of fused-ring (bicyclic) bond motifs is 1. The number of nitrogens with two attached hydrogens (primary N) is 1. The Morgan fingerprint density at radius 2 is 2.10 bits per heavy atom. The maximum Gasteiger partial charge on any atom is 0.255 e. The molecule has 0 saturated carbocycles. The molecule has 2 aromatic rings. The molecule has 1 atom stereocenters. The molecule has 6 heteroatoms. The number of aryl methyl sites for hydroxylation is 1. The van der Waals surface area contributed by atoms with Gasteiger partial charge in [0.05, 0.1) is 17.5 Å². The first-order chi connectivity index (χ1) is 9.86. The van der Waals surface area contributed by atoms with Crippen molar-refractivity contribution in [2.24, 2.45) is 5.73 Å². The average Bonchev–Trinajstić information content (AvgIpc) is 2.86. The van der Waals surface area contributed by atoms with Gasteiger partial charge in [0, 0.05) is 31.1 Å². The van der Waals surface area contributed by atoms with Crippen LogP contribution < -0.4 is 5.73 Å². The predicted octanol–water partition coefficient (Wildman–Crippen LogP) is 1.74. The molecular formula is C15H23N5O. The largest absolute Gasteiger partial charge is 0.338 e. The van der Waals surface area contributed by atoms with Gasteiger partial charge in [0.15, 0.2) is 5.65 Å². The summed E-state index contributed by atoms with van der Waals surface area (Å²) in [5, 5.41) is 5.22. The Kier molecular flexibility index (Phi) is 4.27. The third-order valence-corrected chi connectivity index (χ3v) is 3.80. The highest BCUT2D eigenvalue weighted by Gasteiger charge is 2.20. The van der Waals surface area contributed by atoms with Crippen LogP contribution in [0.3, 0.4) is 0 Å². The second kappa shape index (κ2) is 5.81. The van der Waals surface area contributed by atoms with Crippen LogP contribution >= 0.6 is 0 Å². The van der Waals surface area contributed by atoms with E-state index in [-0.39, 0.29) is 18.0 Å². The third kappa shape index (κ3) is 2.76. The summed E-state index contributed by atoms with van der Waals surface area (Å²) in [6.07, 6.45) is 1.75. The Morgan fingerprint density at radius 1 is 1.43 bits per heavy atom. The Balaban J connectivity index is 2.47. The van der Waals surface area contributed by atoms with E-state index in [4.69, 9.17) is 5.73 Å². The maximum atomic E-state index is 12.6. The highest BCUT2D eigenvalue weighted by atomic mass is 16.2. The predicted molar refractivity (Wildman–Crippen MR) is 83.3 cm³/mol. The van der Waals surface area contributed by atoms with Crippen molar-refractivity contribution >= 4 is 16.9 Å². The first-order valence-corrected chi connectivity index (χ1v) is 7.18. The van der Waals surface area contributed by atoms with Gasteiger partial charge in [0.25, 0.3) is 5.91 Å². The Hall–Kier alpha value is -1.95. The number of nitrogens with zero attached hydrogens (tertiary/aromatic N) is 4. The van der Waals surface area contributed by atoms with Crippen molar-refractivity contribution in [3.05, 3.63) is 23.5 Å². The van der Waals surface area contributed by atoms with E-state index in [2.05, 4.69) is 23.9 Å². The molecule has 0 saturated heterocycles. The fraction of sp³-hybridized carbons (Fsp3) is 0.533. The minimum absolute atomic E-state index is 0.00835. The summed E-state index contributed by atoms with van der Waals surface area (Å²) < 4.78 is 1.86. The van der Waals surface area contributed by atoms with Gasteiger partial charge in [0.2, 0.25) is 0 Å². The molecule has 0 fully saturated rings. The van der Waals surface area contributed by atoms with E-state index in [0.717, 1.165) is 11.0 Å². The first-order valence-electron chi connectivity index (χ1n) is 7.18. The number of aromatic nitrogens is 3. The summed E-state index contributed by atoms with van der Waals surface area (Å²) in [5.74, 6) is -0.0582. The number of rotatable bonds is 4. The zero-order valence-corrected chi connectivity index (χ0v) is 13.3. The van der Waals surface area contributed by atoms with Crippen molar-refractivity contribution in [1.82, 2.24) is 19.7 Å². The normalized spacial score (nSPS) is 12.9. The van der Waals surface area contributed by atoms with Gasteiger partial charge in [-0.15, -0.1) is 0 Å². The number of hydrogen-bond donors (Lipinski definition) is 1. The van der Waals surface area contributed by atoms with E-state index in [9.17, 15) is 4.79 Å². The quantitative estimate of drug-likeness (QED) is 0.930. The van der Waals surface area contributed by atoms with Crippen LogP contribution in [0.25, 0.3) is 11.0 Å². The molecule has 21 heavy (non-hydrogen) atoms. The van der Waals surface area contributed by atoms with Gasteiger partial charge in [-0.3, -0.25) is 4.79 Å². The van der Waals surface area contributed by atoms with E-state index in [0.29, 0.717) is 17.8 Å². The Morgan fingerprint density at radius 3 is 2.67 bits per heavy atom. The first kappa shape index (κ1) is 15.4. The molecule has 0 aliphatic heterocycles. The molecule has 114 valence electrons. The lowest BCUT2D eigenvalue weighted by Gasteiger charge is -2.24. The number of carbonyl (C=O) groups is 1. The molecular weight excluding hydrogens is 266 g/mol. The molecule has 0 aliphatic rings. The molecule has 1 amide bonds. The van der Waals surface area contributed by atoms with Gasteiger partial charge in [-0.2, -0.15) is 5.10 Å². The molecule has 2 rings (SSSR count). The van der Waals surface area contributed by atoms with E-state index >= 15 is 0 Å². The van der Waals surface area contributed by atoms with Gasteiger partial charge in [-0.05, 0) is 33.8 Å². The van der Waals surface area contributed by atoms with Crippen LogP contribution in [0.5, 0.6) is 0 Å². The fourth-order valence-corrected chi connectivity index (χ4v) is 2.21. The monoisotopic (exact) mass is 289 g/mol. The molecule has 0 radical (unpaired) electrons. The molecule has 0 spiro atoms. The summed E-state index contributed by atoms with van der Waals surface area (Å²) in [4.78, 5) is 18.8. The van der Waals surface area contributed by atoms with Crippen molar-refractivity contribution in [3.8, 4) is 0 Å².